The number of anilines is 2. The van der Waals surface area contributed by atoms with E-state index in [4.69, 9.17) is 4.74 Å². The highest BCUT2D eigenvalue weighted by Gasteiger charge is 2.12. The number of rotatable bonds is 0. The van der Waals surface area contributed by atoms with Crippen LogP contribution in [0.25, 0.3) is 16.9 Å². The van der Waals surface area contributed by atoms with Gasteiger partial charge in [-0.2, -0.15) is 14.8 Å². The van der Waals surface area contributed by atoms with Crippen LogP contribution in [0.1, 0.15) is 12.8 Å². The minimum atomic E-state index is -0.0375. The van der Waals surface area contributed by atoms with Gasteiger partial charge in [-0.15, -0.1) is 5.10 Å². The lowest BCUT2D eigenvalue weighted by Crippen LogP contribution is -2.26. The highest BCUT2D eigenvalue weighted by molar-refractivity contribution is 5.76. The van der Waals surface area contributed by atoms with Crippen LogP contribution in [0.4, 0.5) is 11.6 Å². The topological polar surface area (TPSA) is 125 Å². The van der Waals surface area contributed by atoms with E-state index in [1.54, 1.807) is 21.8 Å². The van der Waals surface area contributed by atoms with Crippen molar-refractivity contribution in [2.75, 3.05) is 18.5 Å². The molecule has 0 spiro atoms. The first kappa shape index (κ1) is 18.0. The number of nitrogens with one attached hydrogen (secondary N) is 2. The van der Waals surface area contributed by atoms with Crippen LogP contribution in [0, 0.1) is 0 Å². The molecule has 0 saturated heterocycles. The summed E-state index contributed by atoms with van der Waals surface area (Å²) < 4.78 is 9.12. The summed E-state index contributed by atoms with van der Waals surface area (Å²) in [6.45, 7) is 1.57. The van der Waals surface area contributed by atoms with Crippen LogP contribution in [-0.4, -0.2) is 53.8 Å². The third-order valence-electron chi connectivity index (χ3n) is 4.65. The van der Waals surface area contributed by atoms with Crippen molar-refractivity contribution in [3.05, 3.63) is 42.9 Å². The molecule has 0 fully saturated rings. The monoisotopic (exact) mass is 405 g/mol. The summed E-state index contributed by atoms with van der Waals surface area (Å²) in [6, 6.07) is 7.38. The lowest BCUT2D eigenvalue weighted by atomic mass is 10.3. The normalized spacial score (nSPS) is 14.9. The Labute approximate surface area is 171 Å². The molecule has 2 N–H and O–H groups in total. The van der Waals surface area contributed by atoms with Gasteiger partial charge in [0, 0.05) is 19.3 Å². The molecule has 3 aromatic heterocycles. The van der Waals surface area contributed by atoms with Gasteiger partial charge < -0.3 is 15.4 Å². The lowest BCUT2D eigenvalue weighted by molar-refractivity contribution is -0.121. The van der Waals surface area contributed by atoms with E-state index in [-0.39, 0.29) is 5.91 Å². The average Bonchev–Trinajstić information content (AvgIpc) is 3.38. The second-order valence-corrected chi connectivity index (χ2v) is 6.82. The maximum absolute atomic E-state index is 12.0. The van der Waals surface area contributed by atoms with E-state index in [9.17, 15) is 4.79 Å². The number of hydrogen-bond acceptors (Lipinski definition) is 8. The molecule has 30 heavy (non-hydrogen) atoms. The molecule has 6 rings (SSSR count). The third kappa shape index (κ3) is 3.77. The van der Waals surface area contributed by atoms with E-state index in [2.05, 4.69) is 36.0 Å². The molecule has 11 nitrogen and oxygen atoms in total. The maximum Gasteiger partial charge on any atom is 0.229 e. The number of amides is 1. The summed E-state index contributed by atoms with van der Waals surface area (Å²) in [5, 5.41) is 18.7. The fourth-order valence-electron chi connectivity index (χ4n) is 3.14. The summed E-state index contributed by atoms with van der Waals surface area (Å²) in [5.74, 6) is 1.06. The second-order valence-electron chi connectivity index (χ2n) is 6.82. The zero-order valence-corrected chi connectivity index (χ0v) is 16.0. The smallest absolute Gasteiger partial charge is 0.229 e. The quantitative estimate of drug-likeness (QED) is 0.450. The van der Waals surface area contributed by atoms with Gasteiger partial charge in [-0.25, -0.2) is 4.98 Å². The standard InChI is InChI=1S/C19H19N9O2/c29-17-6-9-30-15-4-2-14(3-5-15)28-18-16(25-26-28)11-21-19(24-18)23-13-10-22-27(12-13)8-1-7-20-17/h2-5,10-12H,1,6-9H2,(H,20,29)(H,21,23,24). The Morgan fingerprint density at radius 1 is 1.13 bits per heavy atom. The minimum absolute atomic E-state index is 0.0375. The average molecular weight is 405 g/mol. The first-order valence-electron chi connectivity index (χ1n) is 9.62. The van der Waals surface area contributed by atoms with E-state index in [0.717, 1.165) is 17.8 Å². The molecule has 11 heteroatoms. The van der Waals surface area contributed by atoms with Gasteiger partial charge >= 0.3 is 0 Å². The molecule has 4 aromatic rings. The number of benzene rings is 1. The van der Waals surface area contributed by atoms with E-state index >= 15 is 0 Å². The van der Waals surface area contributed by atoms with E-state index in [0.29, 0.717) is 49.0 Å². The largest absolute Gasteiger partial charge is 0.493 e. The molecule has 0 aliphatic carbocycles. The zero-order valence-electron chi connectivity index (χ0n) is 16.0. The van der Waals surface area contributed by atoms with E-state index in [1.165, 1.54) is 0 Å². The Morgan fingerprint density at radius 3 is 2.93 bits per heavy atom. The highest BCUT2D eigenvalue weighted by Crippen LogP contribution is 2.20. The van der Waals surface area contributed by atoms with E-state index in [1.807, 2.05) is 30.5 Å². The number of aryl methyl sites for hydroxylation is 1. The Morgan fingerprint density at radius 2 is 2.03 bits per heavy atom. The first-order valence-corrected chi connectivity index (χ1v) is 9.62. The van der Waals surface area contributed by atoms with Crippen LogP contribution in [-0.2, 0) is 11.3 Å². The number of nitrogens with zero attached hydrogens (tertiary/aromatic N) is 7. The summed E-state index contributed by atoms with van der Waals surface area (Å²) in [4.78, 5) is 20.8. The molecule has 6 bridgehead atoms. The summed E-state index contributed by atoms with van der Waals surface area (Å²) in [6.07, 6.45) is 6.27. The second kappa shape index (κ2) is 7.78. The Balaban J connectivity index is 1.49. The van der Waals surface area contributed by atoms with Crippen LogP contribution in [0.2, 0.25) is 0 Å². The number of ether oxygens (including phenoxy) is 1. The number of carbonyl (C=O) groups excluding carboxylic acids is 1. The van der Waals surface area contributed by atoms with Crippen molar-refractivity contribution in [1.29, 1.82) is 0 Å². The van der Waals surface area contributed by atoms with Gasteiger partial charge in [-0.05, 0) is 30.7 Å². The SMILES string of the molecule is O=C1CCOc2ccc(cc2)-n2nnc3cnc(nc32)Nc2cnn(c2)CCCN1. The van der Waals surface area contributed by atoms with Crippen LogP contribution in [0.15, 0.2) is 42.9 Å². The maximum atomic E-state index is 12.0. The van der Waals surface area contributed by atoms with Gasteiger partial charge in [0.2, 0.25) is 11.9 Å². The molecule has 152 valence electrons. The minimum Gasteiger partial charge on any atom is -0.493 e. The predicted octanol–water partition coefficient (Wildman–Crippen LogP) is 1.44. The summed E-state index contributed by atoms with van der Waals surface area (Å²) in [5.41, 5.74) is 2.73. The summed E-state index contributed by atoms with van der Waals surface area (Å²) in [7, 11) is 0. The molecule has 2 aliphatic rings. The lowest BCUT2D eigenvalue weighted by Gasteiger charge is -2.09. The van der Waals surface area contributed by atoms with Gasteiger partial charge in [0.1, 0.15) is 5.75 Å². The fraction of sp³-hybridized carbons (Fsp3) is 0.263. The molecular weight excluding hydrogens is 386 g/mol. The first-order chi connectivity index (χ1) is 14.7. The van der Waals surface area contributed by atoms with Crippen molar-refractivity contribution in [2.24, 2.45) is 0 Å². The molecule has 1 amide bonds. The molecule has 0 radical (unpaired) electrons. The Kier molecular flexibility index (Phi) is 4.68. The third-order valence-corrected chi connectivity index (χ3v) is 4.65. The Hall–Kier alpha value is -4.02. The van der Waals surface area contributed by atoms with Crippen molar-refractivity contribution in [2.45, 2.75) is 19.4 Å². The molecule has 0 atom stereocenters. The van der Waals surface area contributed by atoms with Crippen LogP contribution >= 0.6 is 0 Å². The van der Waals surface area contributed by atoms with Crippen molar-refractivity contribution in [3.63, 3.8) is 0 Å². The molecule has 0 unspecified atom stereocenters. The van der Waals surface area contributed by atoms with Gasteiger partial charge in [-0.3, -0.25) is 9.48 Å². The van der Waals surface area contributed by atoms with Crippen LogP contribution in [0.3, 0.4) is 0 Å². The number of carbonyl (C=O) groups is 1. The van der Waals surface area contributed by atoms with Crippen LogP contribution in [0.5, 0.6) is 5.75 Å². The molecule has 0 saturated carbocycles. The highest BCUT2D eigenvalue weighted by atomic mass is 16.5. The Bertz CT molecular complexity index is 1180. The molecule has 5 heterocycles. The van der Waals surface area contributed by atoms with E-state index < -0.39 is 0 Å². The number of hydrogen-bond donors (Lipinski definition) is 2. The van der Waals surface area contributed by atoms with Crippen molar-refractivity contribution >= 4 is 28.7 Å². The molecule has 1 aromatic carbocycles. The number of fused-ring (bicyclic) bond motifs is 9. The van der Waals surface area contributed by atoms with Gasteiger partial charge in [0.25, 0.3) is 0 Å². The molecular formula is C19H19N9O2. The van der Waals surface area contributed by atoms with Crippen molar-refractivity contribution in [3.8, 4) is 11.4 Å². The zero-order chi connectivity index (χ0) is 20.3. The van der Waals surface area contributed by atoms with Crippen molar-refractivity contribution < 1.29 is 9.53 Å². The molecule has 2 aliphatic heterocycles. The summed E-state index contributed by atoms with van der Waals surface area (Å²) >= 11 is 0. The van der Waals surface area contributed by atoms with Gasteiger partial charge in [0.15, 0.2) is 11.2 Å². The van der Waals surface area contributed by atoms with Gasteiger partial charge in [-0.1, -0.05) is 5.21 Å². The predicted molar refractivity (Wildman–Crippen MR) is 108 cm³/mol. The van der Waals surface area contributed by atoms with Crippen LogP contribution < -0.4 is 15.4 Å². The van der Waals surface area contributed by atoms with Gasteiger partial charge in [0.05, 0.1) is 36.8 Å². The van der Waals surface area contributed by atoms with Crippen molar-refractivity contribution in [1.82, 2.24) is 40.1 Å². The number of aromatic nitrogens is 7. The fourth-order valence-corrected chi connectivity index (χ4v) is 3.14.